The molecule has 2 aromatic rings. The summed E-state index contributed by atoms with van der Waals surface area (Å²) in [7, 11) is 0. The van der Waals surface area contributed by atoms with Gasteiger partial charge >= 0.3 is 0 Å². The Kier molecular flexibility index (Phi) is 3.92. The maximum atomic E-state index is 5.91. The van der Waals surface area contributed by atoms with Gasteiger partial charge in [0.25, 0.3) is 0 Å². The fraction of sp³-hybridized carbons (Fsp3) is 0.200. The summed E-state index contributed by atoms with van der Waals surface area (Å²) in [5.41, 5.74) is 10.2. The molecule has 3 heteroatoms. The standard InChI is InChI=1S/C15H16BrNO/c1-10-5-3-6-11(2)12(10)9-18-15-13(16)7-4-8-14(15)17/h3-8H,9,17H2,1-2H3. The zero-order valence-corrected chi connectivity index (χ0v) is 12.1. The van der Waals surface area contributed by atoms with Crippen molar-refractivity contribution < 1.29 is 4.74 Å². The van der Waals surface area contributed by atoms with E-state index in [0.717, 1.165) is 4.47 Å². The second-order valence-electron chi connectivity index (χ2n) is 4.32. The van der Waals surface area contributed by atoms with E-state index in [9.17, 15) is 0 Å². The van der Waals surface area contributed by atoms with Gasteiger partial charge in [-0.25, -0.2) is 0 Å². The van der Waals surface area contributed by atoms with Crippen LogP contribution in [0.5, 0.6) is 5.75 Å². The van der Waals surface area contributed by atoms with E-state index < -0.39 is 0 Å². The summed E-state index contributed by atoms with van der Waals surface area (Å²) >= 11 is 3.45. The second kappa shape index (κ2) is 5.44. The highest BCUT2D eigenvalue weighted by Crippen LogP contribution is 2.32. The summed E-state index contributed by atoms with van der Waals surface area (Å²) in [6.45, 7) is 4.72. The Labute approximate surface area is 116 Å². The zero-order valence-electron chi connectivity index (χ0n) is 10.5. The first-order valence-electron chi connectivity index (χ1n) is 5.81. The van der Waals surface area contributed by atoms with Crippen LogP contribution in [0.25, 0.3) is 0 Å². The van der Waals surface area contributed by atoms with Crippen LogP contribution in [0, 0.1) is 13.8 Å². The molecule has 0 aliphatic carbocycles. The fourth-order valence-electron chi connectivity index (χ4n) is 1.90. The summed E-state index contributed by atoms with van der Waals surface area (Å²) in [4.78, 5) is 0. The minimum absolute atomic E-state index is 0.533. The van der Waals surface area contributed by atoms with Crippen molar-refractivity contribution in [2.75, 3.05) is 5.73 Å². The zero-order chi connectivity index (χ0) is 13.1. The molecule has 0 bridgehead atoms. The molecule has 0 saturated carbocycles. The van der Waals surface area contributed by atoms with E-state index in [1.807, 2.05) is 18.2 Å². The lowest BCUT2D eigenvalue weighted by atomic mass is 10.0. The third-order valence-electron chi connectivity index (χ3n) is 3.00. The molecule has 0 unspecified atom stereocenters. The van der Waals surface area contributed by atoms with E-state index in [1.165, 1.54) is 16.7 Å². The number of nitrogens with two attached hydrogens (primary N) is 1. The Morgan fingerprint density at radius 2 is 1.67 bits per heavy atom. The van der Waals surface area contributed by atoms with Crippen LogP contribution in [0.15, 0.2) is 40.9 Å². The molecule has 2 aromatic carbocycles. The average Bonchev–Trinajstić information content (AvgIpc) is 2.31. The Bertz CT molecular complexity index is 474. The summed E-state index contributed by atoms with van der Waals surface area (Å²) in [6, 6.07) is 11.9. The van der Waals surface area contributed by atoms with Gasteiger partial charge in [0.05, 0.1) is 10.2 Å². The molecule has 0 aliphatic rings. The maximum absolute atomic E-state index is 5.91. The maximum Gasteiger partial charge on any atom is 0.156 e. The van der Waals surface area contributed by atoms with Crippen molar-refractivity contribution in [2.45, 2.75) is 20.5 Å². The Hall–Kier alpha value is -1.48. The van der Waals surface area contributed by atoms with Crippen molar-refractivity contribution >= 4 is 21.6 Å². The number of benzene rings is 2. The molecule has 2 N–H and O–H groups in total. The third kappa shape index (κ3) is 2.67. The highest BCUT2D eigenvalue weighted by molar-refractivity contribution is 9.10. The van der Waals surface area contributed by atoms with E-state index in [1.54, 1.807) is 0 Å². The van der Waals surface area contributed by atoms with Gasteiger partial charge in [0.15, 0.2) is 5.75 Å². The Morgan fingerprint density at radius 3 is 2.28 bits per heavy atom. The fourth-order valence-corrected chi connectivity index (χ4v) is 2.39. The van der Waals surface area contributed by atoms with Gasteiger partial charge in [0, 0.05) is 0 Å². The lowest BCUT2D eigenvalue weighted by Gasteiger charge is -2.14. The van der Waals surface area contributed by atoms with Crippen LogP contribution in [-0.2, 0) is 6.61 Å². The molecule has 18 heavy (non-hydrogen) atoms. The van der Waals surface area contributed by atoms with Gasteiger partial charge in [-0.3, -0.25) is 0 Å². The van der Waals surface area contributed by atoms with E-state index in [-0.39, 0.29) is 0 Å². The number of para-hydroxylation sites is 1. The molecule has 0 aromatic heterocycles. The second-order valence-corrected chi connectivity index (χ2v) is 5.17. The molecule has 2 rings (SSSR count). The number of rotatable bonds is 3. The highest BCUT2D eigenvalue weighted by Gasteiger charge is 2.08. The summed E-state index contributed by atoms with van der Waals surface area (Å²) in [5.74, 6) is 0.708. The van der Waals surface area contributed by atoms with Crippen molar-refractivity contribution in [1.82, 2.24) is 0 Å². The minimum Gasteiger partial charge on any atom is -0.486 e. The average molecular weight is 306 g/mol. The summed E-state index contributed by atoms with van der Waals surface area (Å²) in [6.07, 6.45) is 0. The SMILES string of the molecule is Cc1cccc(C)c1COc1c(N)cccc1Br. The van der Waals surface area contributed by atoms with E-state index >= 15 is 0 Å². The number of hydrogen-bond donors (Lipinski definition) is 1. The molecular weight excluding hydrogens is 290 g/mol. The monoisotopic (exact) mass is 305 g/mol. The Balaban J connectivity index is 2.22. The van der Waals surface area contributed by atoms with Crippen LogP contribution in [-0.4, -0.2) is 0 Å². The Morgan fingerprint density at radius 1 is 1.06 bits per heavy atom. The number of aryl methyl sites for hydroxylation is 2. The van der Waals surface area contributed by atoms with Crippen molar-refractivity contribution in [3.8, 4) is 5.75 Å². The van der Waals surface area contributed by atoms with Crippen molar-refractivity contribution in [2.24, 2.45) is 0 Å². The van der Waals surface area contributed by atoms with Gasteiger partial charge in [0.1, 0.15) is 6.61 Å². The first kappa shape index (κ1) is 13.0. The molecule has 0 amide bonds. The van der Waals surface area contributed by atoms with Gasteiger partial charge in [-0.05, 0) is 58.6 Å². The van der Waals surface area contributed by atoms with E-state index in [0.29, 0.717) is 18.0 Å². The highest BCUT2D eigenvalue weighted by atomic mass is 79.9. The molecule has 0 aliphatic heterocycles. The molecule has 2 nitrogen and oxygen atoms in total. The lowest BCUT2D eigenvalue weighted by Crippen LogP contribution is -2.02. The first-order valence-corrected chi connectivity index (χ1v) is 6.61. The van der Waals surface area contributed by atoms with E-state index in [2.05, 4.69) is 48.0 Å². The quantitative estimate of drug-likeness (QED) is 0.861. The molecule has 0 spiro atoms. The van der Waals surface area contributed by atoms with Crippen LogP contribution in [0.1, 0.15) is 16.7 Å². The summed E-state index contributed by atoms with van der Waals surface area (Å²) in [5, 5.41) is 0. The molecular formula is C15H16BrNO. The predicted molar refractivity (Wildman–Crippen MR) is 78.8 cm³/mol. The number of ether oxygens (including phenoxy) is 1. The number of anilines is 1. The van der Waals surface area contributed by atoms with Crippen LogP contribution in [0.2, 0.25) is 0 Å². The van der Waals surface area contributed by atoms with Crippen LogP contribution < -0.4 is 10.5 Å². The van der Waals surface area contributed by atoms with Crippen molar-refractivity contribution in [3.63, 3.8) is 0 Å². The van der Waals surface area contributed by atoms with Crippen molar-refractivity contribution in [3.05, 3.63) is 57.6 Å². The van der Waals surface area contributed by atoms with Crippen molar-refractivity contribution in [1.29, 1.82) is 0 Å². The van der Waals surface area contributed by atoms with E-state index in [4.69, 9.17) is 10.5 Å². The molecule has 0 heterocycles. The van der Waals surface area contributed by atoms with Gasteiger partial charge in [-0.15, -0.1) is 0 Å². The molecule has 0 atom stereocenters. The van der Waals surface area contributed by atoms with Crippen LogP contribution in [0.4, 0.5) is 5.69 Å². The van der Waals surface area contributed by atoms with Gasteiger partial charge < -0.3 is 10.5 Å². The van der Waals surface area contributed by atoms with Crippen LogP contribution in [0.3, 0.4) is 0 Å². The van der Waals surface area contributed by atoms with Gasteiger partial charge in [-0.1, -0.05) is 24.3 Å². The first-order chi connectivity index (χ1) is 8.59. The van der Waals surface area contributed by atoms with Gasteiger partial charge in [-0.2, -0.15) is 0 Å². The summed E-state index contributed by atoms with van der Waals surface area (Å²) < 4.78 is 6.73. The lowest BCUT2D eigenvalue weighted by molar-refractivity contribution is 0.304. The number of hydrogen-bond acceptors (Lipinski definition) is 2. The predicted octanol–water partition coefficient (Wildman–Crippen LogP) is 4.23. The van der Waals surface area contributed by atoms with Crippen LogP contribution >= 0.6 is 15.9 Å². The molecule has 0 saturated heterocycles. The minimum atomic E-state index is 0.533. The molecule has 0 radical (unpaired) electrons. The smallest absolute Gasteiger partial charge is 0.156 e. The van der Waals surface area contributed by atoms with Gasteiger partial charge in [0.2, 0.25) is 0 Å². The third-order valence-corrected chi connectivity index (χ3v) is 3.63. The normalized spacial score (nSPS) is 10.4. The molecule has 94 valence electrons. The molecule has 0 fully saturated rings. The number of halogens is 1. The largest absolute Gasteiger partial charge is 0.486 e. The topological polar surface area (TPSA) is 35.2 Å². The number of nitrogen functional groups attached to an aromatic ring is 1.